The lowest BCUT2D eigenvalue weighted by Gasteiger charge is -2.09. The standard InChI is InChI=1S/C14H12BrClOS/c1-9(17)10-2-7-14(13(16)8-10)18-12-5-3-11(15)4-6-12/h2-9,17H,1H3/t9-/m0/s1. The summed E-state index contributed by atoms with van der Waals surface area (Å²) in [6.07, 6.45) is -0.491. The second-order valence-corrected chi connectivity index (χ2v) is 6.36. The van der Waals surface area contributed by atoms with Gasteiger partial charge in [0, 0.05) is 14.3 Å². The van der Waals surface area contributed by atoms with Gasteiger partial charge in [-0.05, 0) is 48.9 Å². The van der Waals surface area contributed by atoms with Crippen LogP contribution in [0.5, 0.6) is 0 Å². The smallest absolute Gasteiger partial charge is 0.0762 e. The molecule has 94 valence electrons. The molecule has 18 heavy (non-hydrogen) atoms. The van der Waals surface area contributed by atoms with Crippen molar-refractivity contribution >= 4 is 39.3 Å². The molecule has 0 aliphatic heterocycles. The van der Waals surface area contributed by atoms with Crippen LogP contribution in [0.1, 0.15) is 18.6 Å². The van der Waals surface area contributed by atoms with Crippen molar-refractivity contribution in [3.05, 3.63) is 57.5 Å². The number of aliphatic hydroxyl groups excluding tert-OH is 1. The van der Waals surface area contributed by atoms with Crippen LogP contribution < -0.4 is 0 Å². The lowest BCUT2D eigenvalue weighted by molar-refractivity contribution is 0.199. The van der Waals surface area contributed by atoms with Gasteiger partial charge in [-0.25, -0.2) is 0 Å². The molecule has 0 aromatic heterocycles. The molecule has 0 aliphatic rings. The van der Waals surface area contributed by atoms with Gasteiger partial charge in [0.15, 0.2) is 0 Å². The summed E-state index contributed by atoms with van der Waals surface area (Å²) in [6, 6.07) is 13.7. The van der Waals surface area contributed by atoms with E-state index in [-0.39, 0.29) is 0 Å². The molecular formula is C14H12BrClOS. The number of aliphatic hydroxyl groups is 1. The van der Waals surface area contributed by atoms with Gasteiger partial charge in [0.05, 0.1) is 11.1 Å². The van der Waals surface area contributed by atoms with E-state index in [4.69, 9.17) is 11.6 Å². The van der Waals surface area contributed by atoms with Crippen molar-refractivity contribution in [1.29, 1.82) is 0 Å². The molecule has 2 rings (SSSR count). The van der Waals surface area contributed by atoms with Crippen molar-refractivity contribution in [2.75, 3.05) is 0 Å². The van der Waals surface area contributed by atoms with E-state index < -0.39 is 6.10 Å². The average molecular weight is 344 g/mol. The number of rotatable bonds is 3. The normalized spacial score (nSPS) is 12.4. The number of hydrogen-bond acceptors (Lipinski definition) is 2. The Bertz CT molecular complexity index is 540. The molecule has 0 aliphatic carbocycles. The molecule has 0 heterocycles. The molecule has 0 saturated carbocycles. The van der Waals surface area contributed by atoms with Gasteiger partial charge < -0.3 is 5.11 Å². The Balaban J connectivity index is 2.22. The zero-order valence-corrected chi connectivity index (χ0v) is 12.9. The first-order chi connectivity index (χ1) is 8.56. The Kier molecular flexibility index (Phi) is 4.73. The quantitative estimate of drug-likeness (QED) is 0.815. The first kappa shape index (κ1) is 13.9. The van der Waals surface area contributed by atoms with Crippen molar-refractivity contribution in [3.63, 3.8) is 0 Å². The number of hydrogen-bond donors (Lipinski definition) is 1. The molecule has 0 spiro atoms. The van der Waals surface area contributed by atoms with Gasteiger partial charge in [-0.3, -0.25) is 0 Å². The molecule has 2 aromatic carbocycles. The van der Waals surface area contributed by atoms with Crippen LogP contribution in [0.15, 0.2) is 56.7 Å². The SMILES string of the molecule is C[C@H](O)c1ccc(Sc2ccc(Br)cc2)c(Cl)c1. The molecule has 0 fully saturated rings. The fourth-order valence-electron chi connectivity index (χ4n) is 1.49. The Labute approximate surface area is 124 Å². The number of halogens is 2. The lowest BCUT2D eigenvalue weighted by atomic mass is 10.1. The van der Waals surface area contributed by atoms with Crippen molar-refractivity contribution in [3.8, 4) is 0 Å². The summed E-state index contributed by atoms with van der Waals surface area (Å²) >= 11 is 11.2. The Morgan fingerprint density at radius 1 is 1.17 bits per heavy atom. The molecule has 1 nitrogen and oxygen atoms in total. The molecule has 2 aromatic rings. The van der Waals surface area contributed by atoms with Crippen LogP contribution in [-0.4, -0.2) is 5.11 Å². The highest BCUT2D eigenvalue weighted by Gasteiger charge is 2.07. The predicted octanol–water partition coefficient (Wildman–Crippen LogP) is 5.31. The van der Waals surface area contributed by atoms with Crippen molar-refractivity contribution in [1.82, 2.24) is 0 Å². The molecule has 0 bridgehead atoms. The van der Waals surface area contributed by atoms with E-state index in [1.54, 1.807) is 18.7 Å². The van der Waals surface area contributed by atoms with E-state index in [1.165, 1.54) is 0 Å². The monoisotopic (exact) mass is 342 g/mol. The maximum atomic E-state index is 9.49. The highest BCUT2D eigenvalue weighted by molar-refractivity contribution is 9.10. The Hall–Kier alpha value is -0.480. The average Bonchev–Trinajstić information content (AvgIpc) is 2.34. The van der Waals surface area contributed by atoms with Crippen LogP contribution in [0, 0.1) is 0 Å². The summed E-state index contributed by atoms with van der Waals surface area (Å²) in [7, 11) is 0. The predicted molar refractivity (Wildman–Crippen MR) is 80.4 cm³/mol. The minimum atomic E-state index is -0.491. The van der Waals surface area contributed by atoms with E-state index in [0.29, 0.717) is 5.02 Å². The van der Waals surface area contributed by atoms with Gasteiger partial charge >= 0.3 is 0 Å². The first-order valence-corrected chi connectivity index (χ1v) is 7.46. The van der Waals surface area contributed by atoms with E-state index in [9.17, 15) is 5.11 Å². The minimum absolute atomic E-state index is 0.491. The maximum Gasteiger partial charge on any atom is 0.0762 e. The summed E-state index contributed by atoms with van der Waals surface area (Å²) in [5.74, 6) is 0. The molecule has 0 saturated heterocycles. The van der Waals surface area contributed by atoms with Crippen LogP contribution in [0.4, 0.5) is 0 Å². The zero-order valence-electron chi connectivity index (χ0n) is 9.73. The van der Waals surface area contributed by atoms with Crippen LogP contribution in [-0.2, 0) is 0 Å². The maximum absolute atomic E-state index is 9.49. The van der Waals surface area contributed by atoms with Crippen LogP contribution in [0.25, 0.3) is 0 Å². The number of benzene rings is 2. The fourth-order valence-corrected chi connectivity index (χ4v) is 2.88. The molecule has 4 heteroatoms. The summed E-state index contributed by atoms with van der Waals surface area (Å²) in [6.45, 7) is 1.73. The molecular weight excluding hydrogens is 332 g/mol. The Morgan fingerprint density at radius 2 is 1.83 bits per heavy atom. The van der Waals surface area contributed by atoms with Gasteiger partial charge in [-0.1, -0.05) is 45.4 Å². The van der Waals surface area contributed by atoms with E-state index in [0.717, 1.165) is 19.8 Å². The molecule has 0 amide bonds. The third-order valence-corrected chi connectivity index (χ3v) is 4.52. The highest BCUT2D eigenvalue weighted by Crippen LogP contribution is 2.35. The van der Waals surface area contributed by atoms with Gasteiger partial charge in [0.1, 0.15) is 0 Å². The third-order valence-electron chi connectivity index (χ3n) is 2.48. The van der Waals surface area contributed by atoms with Crippen LogP contribution in [0.2, 0.25) is 5.02 Å². The summed E-state index contributed by atoms with van der Waals surface area (Å²) < 4.78 is 1.06. The lowest BCUT2D eigenvalue weighted by Crippen LogP contribution is -1.90. The summed E-state index contributed by atoms with van der Waals surface area (Å²) in [4.78, 5) is 2.12. The van der Waals surface area contributed by atoms with Gasteiger partial charge in [0.25, 0.3) is 0 Å². The Morgan fingerprint density at radius 3 is 2.39 bits per heavy atom. The van der Waals surface area contributed by atoms with Gasteiger partial charge in [-0.15, -0.1) is 0 Å². The minimum Gasteiger partial charge on any atom is -0.389 e. The second-order valence-electron chi connectivity index (χ2n) is 3.92. The molecule has 0 radical (unpaired) electrons. The van der Waals surface area contributed by atoms with Crippen molar-refractivity contribution in [2.45, 2.75) is 22.8 Å². The van der Waals surface area contributed by atoms with Gasteiger partial charge in [0.2, 0.25) is 0 Å². The van der Waals surface area contributed by atoms with Gasteiger partial charge in [-0.2, -0.15) is 0 Å². The largest absolute Gasteiger partial charge is 0.389 e. The van der Waals surface area contributed by atoms with Crippen molar-refractivity contribution < 1.29 is 5.11 Å². The van der Waals surface area contributed by atoms with E-state index >= 15 is 0 Å². The highest BCUT2D eigenvalue weighted by atomic mass is 79.9. The molecule has 0 unspecified atom stereocenters. The third kappa shape index (κ3) is 3.51. The van der Waals surface area contributed by atoms with Crippen LogP contribution in [0.3, 0.4) is 0 Å². The second kappa shape index (κ2) is 6.11. The topological polar surface area (TPSA) is 20.2 Å². The first-order valence-electron chi connectivity index (χ1n) is 5.47. The molecule has 1 atom stereocenters. The summed E-state index contributed by atoms with van der Waals surface area (Å²) in [5, 5.41) is 10.2. The fraction of sp³-hybridized carbons (Fsp3) is 0.143. The van der Waals surface area contributed by atoms with E-state index in [2.05, 4.69) is 15.9 Å². The molecule has 1 N–H and O–H groups in total. The zero-order chi connectivity index (χ0) is 13.1. The van der Waals surface area contributed by atoms with Crippen molar-refractivity contribution in [2.24, 2.45) is 0 Å². The van der Waals surface area contributed by atoms with Crippen LogP contribution >= 0.6 is 39.3 Å². The van der Waals surface area contributed by atoms with E-state index in [1.807, 2.05) is 42.5 Å². The summed E-state index contributed by atoms with van der Waals surface area (Å²) in [5.41, 5.74) is 0.833.